The third-order valence-electron chi connectivity index (χ3n) is 6.19. The van der Waals surface area contributed by atoms with Crippen LogP contribution >= 0.6 is 11.6 Å². The van der Waals surface area contributed by atoms with E-state index in [1.54, 1.807) is 0 Å². The van der Waals surface area contributed by atoms with Crippen LogP contribution in [0, 0.1) is 0 Å². The van der Waals surface area contributed by atoms with E-state index >= 15 is 0 Å². The van der Waals surface area contributed by atoms with Crippen LogP contribution in [0.5, 0.6) is 0 Å². The monoisotopic (exact) mass is 534 g/mol. The van der Waals surface area contributed by atoms with Crippen molar-refractivity contribution in [1.82, 2.24) is 4.90 Å². The van der Waals surface area contributed by atoms with Gasteiger partial charge in [-0.1, -0.05) is 30.2 Å². The van der Waals surface area contributed by atoms with E-state index in [4.69, 9.17) is 17.3 Å². The lowest BCUT2D eigenvalue weighted by atomic mass is 9.53. The summed E-state index contributed by atoms with van der Waals surface area (Å²) in [5.41, 5.74) is -7.97. The Morgan fingerprint density at radius 1 is 0.714 bits per heavy atom. The highest BCUT2D eigenvalue weighted by molar-refractivity contribution is 6.30. The normalized spacial score (nSPS) is 19.9. The van der Waals surface area contributed by atoms with Crippen LogP contribution in [-0.4, -0.2) is 123 Å². The van der Waals surface area contributed by atoms with Gasteiger partial charge in [-0.3, -0.25) is 5.73 Å². The zero-order valence-corrected chi connectivity index (χ0v) is 18.3. The van der Waals surface area contributed by atoms with Crippen molar-refractivity contribution in [2.24, 2.45) is 5.73 Å². The zero-order valence-electron chi connectivity index (χ0n) is 17.5. The Labute approximate surface area is 200 Å². The van der Waals surface area contributed by atoms with Crippen molar-refractivity contribution in [2.45, 2.75) is 65.9 Å². The van der Waals surface area contributed by atoms with Gasteiger partial charge in [-0.2, -0.15) is 0 Å². The number of benzene rings is 1. The molecule has 0 radical (unpaired) electrons. The quantitative estimate of drug-likeness (QED) is 0.131. The molecular weight excluding hydrogens is 508 g/mol. The van der Waals surface area contributed by atoms with Crippen molar-refractivity contribution in [1.29, 1.82) is 0 Å². The number of aliphatic hydroxyl groups is 15. The molecule has 1 unspecified atom stereocenters. The van der Waals surface area contributed by atoms with Gasteiger partial charge < -0.3 is 76.6 Å². The van der Waals surface area contributed by atoms with Crippen LogP contribution < -0.4 is 5.73 Å². The Bertz CT molecular complexity index is 884. The number of halogens is 1. The molecule has 1 atom stereocenters. The second-order valence-corrected chi connectivity index (χ2v) is 8.83. The first kappa shape index (κ1) is 30.1. The number of hydrogen-bond donors (Lipinski definition) is 16. The van der Waals surface area contributed by atoms with Gasteiger partial charge in [0.15, 0.2) is 5.72 Å². The molecule has 1 fully saturated rings. The highest BCUT2D eigenvalue weighted by atomic mass is 35.5. The summed E-state index contributed by atoms with van der Waals surface area (Å²) in [5, 5.41) is 151. The maximum atomic E-state index is 11.7. The Balaban J connectivity index is 3.13. The van der Waals surface area contributed by atoms with Gasteiger partial charge in [0.2, 0.25) is 0 Å². The second kappa shape index (κ2) is 8.43. The molecule has 0 aliphatic heterocycles. The first-order chi connectivity index (χ1) is 15.3. The molecule has 202 valence electrons. The fraction of sp³-hybridized carbons (Fsp3) is 0.647. The van der Waals surface area contributed by atoms with E-state index in [-0.39, 0.29) is 17.0 Å². The maximum Gasteiger partial charge on any atom is 0.353 e. The van der Waals surface area contributed by atoms with Crippen molar-refractivity contribution in [3.8, 4) is 0 Å². The molecule has 2 rings (SSSR count). The molecule has 0 heterocycles. The van der Waals surface area contributed by atoms with Gasteiger partial charge in [0.25, 0.3) is 17.4 Å². The number of hydrogen-bond acceptors (Lipinski definition) is 17. The van der Waals surface area contributed by atoms with Gasteiger partial charge in [-0.15, -0.1) is 4.90 Å². The van der Waals surface area contributed by atoms with E-state index in [0.29, 0.717) is 0 Å². The SMILES string of the molecule is NC(O)(O)N(C(O)(O)O)C(O)(C1(c2ccc(Cl)cc2)CCC1)C(O)(O)C(O)(C(O)(O)O)C(O)(O)O. The van der Waals surface area contributed by atoms with E-state index < -0.39 is 64.3 Å². The molecular formula is C17H27ClN2O15. The summed E-state index contributed by atoms with van der Waals surface area (Å²) in [5.74, 6) is -15.7. The third kappa shape index (κ3) is 4.24. The maximum absolute atomic E-state index is 11.7. The Morgan fingerprint density at radius 2 is 1.11 bits per heavy atom. The second-order valence-electron chi connectivity index (χ2n) is 8.39. The van der Waals surface area contributed by atoms with Crippen LogP contribution in [0.15, 0.2) is 24.3 Å². The fourth-order valence-corrected chi connectivity index (χ4v) is 4.59. The van der Waals surface area contributed by atoms with Crippen molar-refractivity contribution in [3.05, 3.63) is 34.9 Å². The Kier molecular flexibility index (Phi) is 7.24. The minimum absolute atomic E-state index is 0.0119. The standard InChI is InChI=1S/C17H27ClN2O15/c18-9-4-2-8(3-5-9)10(6-1-7-10)12(22,20(16(19,31)32)17(33,34)35)13(23,24)11(21,14(25,26)27)15(28,29)30/h2-5,21-35H,1,6-7,19H2. The van der Waals surface area contributed by atoms with Gasteiger partial charge >= 0.3 is 18.0 Å². The lowest BCUT2D eigenvalue weighted by molar-refractivity contribution is -0.595. The fourth-order valence-electron chi connectivity index (χ4n) is 4.46. The average molecular weight is 535 g/mol. The molecule has 0 amide bonds. The molecule has 1 aromatic carbocycles. The first-order valence-corrected chi connectivity index (χ1v) is 9.91. The van der Waals surface area contributed by atoms with E-state index in [2.05, 4.69) is 0 Å². The van der Waals surface area contributed by atoms with Crippen LogP contribution in [0.25, 0.3) is 0 Å². The highest BCUT2D eigenvalue weighted by Crippen LogP contribution is 2.60. The van der Waals surface area contributed by atoms with Gasteiger partial charge in [0.05, 0.1) is 0 Å². The molecule has 0 bridgehead atoms. The third-order valence-corrected chi connectivity index (χ3v) is 6.44. The first-order valence-electron chi connectivity index (χ1n) is 9.53. The Morgan fingerprint density at radius 3 is 1.37 bits per heavy atom. The van der Waals surface area contributed by atoms with Crippen LogP contribution in [-0.2, 0) is 5.41 Å². The lowest BCUT2D eigenvalue weighted by Gasteiger charge is -2.65. The zero-order chi connectivity index (χ0) is 27.7. The molecule has 1 aliphatic rings. The average Bonchev–Trinajstić information content (AvgIpc) is 2.56. The molecule has 0 aromatic heterocycles. The summed E-state index contributed by atoms with van der Waals surface area (Å²) in [6.07, 6.45) is -5.97. The summed E-state index contributed by atoms with van der Waals surface area (Å²) in [6.45, 7) is 0. The lowest BCUT2D eigenvalue weighted by Crippen LogP contribution is -2.93. The molecule has 18 heteroatoms. The van der Waals surface area contributed by atoms with E-state index in [9.17, 15) is 76.6 Å². The minimum Gasteiger partial charge on any atom is -0.371 e. The van der Waals surface area contributed by atoms with Crippen LogP contribution in [0.4, 0.5) is 0 Å². The summed E-state index contributed by atoms with van der Waals surface area (Å²) >= 11 is 5.80. The van der Waals surface area contributed by atoms with Crippen LogP contribution in [0.2, 0.25) is 5.02 Å². The van der Waals surface area contributed by atoms with Gasteiger partial charge in [0.1, 0.15) is 0 Å². The minimum atomic E-state index is -5.40. The van der Waals surface area contributed by atoms with Crippen molar-refractivity contribution >= 4 is 11.6 Å². The van der Waals surface area contributed by atoms with Crippen molar-refractivity contribution < 1.29 is 76.6 Å². The summed E-state index contributed by atoms with van der Waals surface area (Å²) in [7, 11) is 0. The van der Waals surface area contributed by atoms with Gasteiger partial charge in [-0.05, 0) is 30.5 Å². The molecule has 1 saturated carbocycles. The predicted octanol–water partition coefficient (Wildman–Crippen LogP) is -7.43. The van der Waals surface area contributed by atoms with Crippen LogP contribution in [0.3, 0.4) is 0 Å². The van der Waals surface area contributed by atoms with Crippen molar-refractivity contribution in [2.75, 3.05) is 0 Å². The number of nitrogens with zero attached hydrogens (tertiary/aromatic N) is 1. The van der Waals surface area contributed by atoms with Gasteiger partial charge in [0, 0.05) is 10.4 Å². The Hall–Kier alpha value is -1.17. The van der Waals surface area contributed by atoms with E-state index in [1.165, 1.54) is 0 Å². The topological polar surface area (TPSA) is 333 Å². The predicted molar refractivity (Wildman–Crippen MR) is 105 cm³/mol. The molecule has 0 spiro atoms. The molecule has 17 N–H and O–H groups in total. The highest BCUT2D eigenvalue weighted by Gasteiger charge is 2.86. The molecule has 1 aromatic rings. The van der Waals surface area contributed by atoms with Gasteiger partial charge in [-0.25, -0.2) is 0 Å². The van der Waals surface area contributed by atoms with E-state index in [1.807, 2.05) is 0 Å². The molecule has 0 saturated heterocycles. The van der Waals surface area contributed by atoms with Crippen molar-refractivity contribution in [3.63, 3.8) is 0 Å². The van der Waals surface area contributed by atoms with Crippen LogP contribution in [0.1, 0.15) is 24.8 Å². The number of nitrogens with two attached hydrogens (primary N) is 1. The summed E-state index contributed by atoms with van der Waals surface area (Å²) < 4.78 is 0. The smallest absolute Gasteiger partial charge is 0.353 e. The largest absolute Gasteiger partial charge is 0.371 e. The number of rotatable bonds is 9. The molecule has 35 heavy (non-hydrogen) atoms. The van der Waals surface area contributed by atoms with E-state index in [0.717, 1.165) is 24.3 Å². The molecule has 1 aliphatic carbocycles. The summed E-state index contributed by atoms with van der Waals surface area (Å²) in [6, 6.07) is -0.106. The molecule has 17 nitrogen and oxygen atoms in total. The summed E-state index contributed by atoms with van der Waals surface area (Å²) in [4.78, 5) is -1.30.